The van der Waals surface area contributed by atoms with E-state index in [1.807, 2.05) is 22.2 Å². The Morgan fingerprint density at radius 1 is 1.33 bits per heavy atom. The van der Waals surface area contributed by atoms with Crippen LogP contribution < -0.4 is 4.90 Å². The van der Waals surface area contributed by atoms with Crippen LogP contribution in [0.15, 0.2) is 17.5 Å². The zero-order chi connectivity index (χ0) is 19.1. The van der Waals surface area contributed by atoms with E-state index in [1.165, 1.54) is 0 Å². The van der Waals surface area contributed by atoms with Gasteiger partial charge in [0, 0.05) is 6.61 Å². The summed E-state index contributed by atoms with van der Waals surface area (Å²) in [4.78, 5) is 2.21. The van der Waals surface area contributed by atoms with Gasteiger partial charge in [0.15, 0.2) is 12.5 Å². The Morgan fingerprint density at radius 2 is 2.11 bits per heavy atom. The van der Waals surface area contributed by atoms with Gasteiger partial charge in [-0.05, 0) is 36.5 Å². The predicted molar refractivity (Wildman–Crippen MR) is 104 cm³/mol. The summed E-state index contributed by atoms with van der Waals surface area (Å²) in [6.07, 6.45) is 3.19. The van der Waals surface area contributed by atoms with E-state index in [0.717, 1.165) is 35.0 Å². The third-order valence-electron chi connectivity index (χ3n) is 4.63. The molecular formula is C18H23N6OS2+. The van der Waals surface area contributed by atoms with Gasteiger partial charge in [0.25, 0.3) is 0 Å². The number of rotatable bonds is 9. The molecule has 0 unspecified atom stereocenters. The molecule has 3 heterocycles. The van der Waals surface area contributed by atoms with Crippen molar-refractivity contribution in [1.82, 2.24) is 14.3 Å². The molecule has 2 aromatic rings. The first-order chi connectivity index (χ1) is 13.2. The molecule has 0 aromatic carbocycles. The van der Waals surface area contributed by atoms with Crippen LogP contribution in [0.2, 0.25) is 0 Å². The van der Waals surface area contributed by atoms with Crippen LogP contribution in [0.4, 0.5) is 0 Å². The summed E-state index contributed by atoms with van der Waals surface area (Å²) in [5, 5.41) is 24.6. The first-order valence-electron chi connectivity index (χ1n) is 9.13. The quantitative estimate of drug-likeness (QED) is 0.648. The van der Waals surface area contributed by atoms with Gasteiger partial charge in [-0.25, -0.2) is 0 Å². The SMILES string of the molecule is N#CCC[NH+](CCC#N)Cn1nc(-c2cccs2)n(C[C@@H]2CCCO2)c1=S. The first kappa shape index (κ1) is 19.7. The molecule has 1 aliphatic heterocycles. The average molecular weight is 404 g/mol. The van der Waals surface area contributed by atoms with E-state index in [1.54, 1.807) is 11.3 Å². The van der Waals surface area contributed by atoms with Gasteiger partial charge in [0.2, 0.25) is 4.77 Å². The van der Waals surface area contributed by atoms with Crippen LogP contribution >= 0.6 is 23.6 Å². The number of quaternary nitrogens is 1. The highest BCUT2D eigenvalue weighted by Gasteiger charge is 2.22. The predicted octanol–water partition coefficient (Wildman–Crippen LogP) is 1.99. The lowest BCUT2D eigenvalue weighted by molar-refractivity contribution is -0.922. The molecule has 7 nitrogen and oxygen atoms in total. The van der Waals surface area contributed by atoms with Crippen molar-refractivity contribution in [2.45, 2.75) is 45.0 Å². The molecule has 0 bridgehead atoms. The molecular weight excluding hydrogens is 380 g/mol. The van der Waals surface area contributed by atoms with Crippen LogP contribution in [0, 0.1) is 27.4 Å². The molecule has 0 saturated carbocycles. The van der Waals surface area contributed by atoms with E-state index in [2.05, 4.69) is 16.7 Å². The summed E-state index contributed by atoms with van der Waals surface area (Å²) < 4.78 is 10.4. The zero-order valence-corrected chi connectivity index (χ0v) is 16.8. The largest absolute Gasteiger partial charge is 0.376 e. The number of nitriles is 2. The smallest absolute Gasteiger partial charge is 0.203 e. The number of nitrogens with one attached hydrogen (secondary N) is 1. The summed E-state index contributed by atoms with van der Waals surface area (Å²) in [5.41, 5.74) is 0. The third-order valence-corrected chi connectivity index (χ3v) is 5.93. The molecule has 1 fully saturated rings. The van der Waals surface area contributed by atoms with Crippen LogP contribution in [-0.4, -0.2) is 40.1 Å². The molecule has 27 heavy (non-hydrogen) atoms. The van der Waals surface area contributed by atoms with Gasteiger partial charge >= 0.3 is 0 Å². The normalized spacial score (nSPS) is 16.5. The lowest BCUT2D eigenvalue weighted by Crippen LogP contribution is -3.11. The van der Waals surface area contributed by atoms with E-state index in [4.69, 9.17) is 32.6 Å². The second-order valence-corrected chi connectivity index (χ2v) is 7.87. The molecule has 3 rings (SSSR count). The van der Waals surface area contributed by atoms with E-state index in [0.29, 0.717) is 43.9 Å². The van der Waals surface area contributed by atoms with Crippen LogP contribution in [-0.2, 0) is 18.0 Å². The van der Waals surface area contributed by atoms with Crippen LogP contribution in [0.5, 0.6) is 0 Å². The van der Waals surface area contributed by atoms with E-state index < -0.39 is 0 Å². The minimum Gasteiger partial charge on any atom is -0.376 e. The Kier molecular flexibility index (Phi) is 7.13. The van der Waals surface area contributed by atoms with Crippen LogP contribution in [0.1, 0.15) is 25.7 Å². The van der Waals surface area contributed by atoms with Crippen molar-refractivity contribution in [2.24, 2.45) is 0 Å². The fraction of sp³-hybridized carbons (Fsp3) is 0.556. The molecule has 2 aromatic heterocycles. The van der Waals surface area contributed by atoms with E-state index in [9.17, 15) is 0 Å². The van der Waals surface area contributed by atoms with Crippen molar-refractivity contribution in [3.05, 3.63) is 22.3 Å². The molecule has 0 amide bonds. The highest BCUT2D eigenvalue weighted by atomic mass is 32.1. The van der Waals surface area contributed by atoms with Crippen LogP contribution in [0.25, 0.3) is 10.7 Å². The lowest BCUT2D eigenvalue weighted by Gasteiger charge is -2.16. The van der Waals surface area contributed by atoms with Gasteiger partial charge in [0.1, 0.15) is 0 Å². The van der Waals surface area contributed by atoms with Gasteiger partial charge in [-0.2, -0.15) is 15.2 Å². The molecule has 0 radical (unpaired) electrons. The number of nitrogens with zero attached hydrogens (tertiary/aromatic N) is 5. The fourth-order valence-corrected chi connectivity index (χ4v) is 4.23. The summed E-state index contributed by atoms with van der Waals surface area (Å²) >= 11 is 7.37. The van der Waals surface area contributed by atoms with Crippen molar-refractivity contribution in [3.63, 3.8) is 0 Å². The van der Waals surface area contributed by atoms with Crippen molar-refractivity contribution >= 4 is 23.6 Å². The lowest BCUT2D eigenvalue weighted by atomic mass is 10.2. The molecule has 0 aliphatic carbocycles. The topological polar surface area (TPSA) is 84.0 Å². The van der Waals surface area contributed by atoms with Crippen molar-refractivity contribution in [3.8, 4) is 22.8 Å². The zero-order valence-electron chi connectivity index (χ0n) is 15.1. The Bertz CT molecular complexity index is 849. The number of thiophene rings is 1. The molecule has 0 spiro atoms. The third kappa shape index (κ3) is 5.02. The van der Waals surface area contributed by atoms with Crippen molar-refractivity contribution in [2.75, 3.05) is 19.7 Å². The minimum absolute atomic E-state index is 0.175. The number of hydrogen-bond donors (Lipinski definition) is 1. The summed E-state index contributed by atoms with van der Waals surface area (Å²) in [6.45, 7) is 3.41. The summed E-state index contributed by atoms with van der Waals surface area (Å²) in [5.74, 6) is 0.866. The Morgan fingerprint density at radius 3 is 2.70 bits per heavy atom. The van der Waals surface area contributed by atoms with Crippen molar-refractivity contribution in [1.29, 1.82) is 10.5 Å². The Balaban J connectivity index is 1.87. The van der Waals surface area contributed by atoms with Crippen molar-refractivity contribution < 1.29 is 9.64 Å². The molecule has 142 valence electrons. The standard InChI is InChI=1S/C18H22N6OS2/c19-7-3-9-22(10-4-8-20)14-24-18(26)23(13-15-5-1-11-25-15)17(21-24)16-6-2-12-27-16/h2,6,12,15H,1,3-5,9-11,13-14H2/p+1/t15-/m0/s1. The summed E-state index contributed by atoms with van der Waals surface area (Å²) in [6, 6.07) is 8.42. The maximum absolute atomic E-state index is 8.91. The fourth-order valence-electron chi connectivity index (χ4n) is 3.25. The average Bonchev–Trinajstić information content (AvgIpc) is 3.42. The van der Waals surface area contributed by atoms with Gasteiger partial charge in [0.05, 0.1) is 55.6 Å². The number of hydrogen-bond acceptors (Lipinski definition) is 6. The maximum Gasteiger partial charge on any atom is 0.203 e. The van der Waals surface area contributed by atoms with E-state index in [-0.39, 0.29) is 6.10 Å². The highest BCUT2D eigenvalue weighted by Crippen LogP contribution is 2.25. The van der Waals surface area contributed by atoms with Gasteiger partial charge < -0.3 is 9.64 Å². The second-order valence-electron chi connectivity index (χ2n) is 6.55. The van der Waals surface area contributed by atoms with Gasteiger partial charge in [-0.15, -0.1) is 16.4 Å². The maximum atomic E-state index is 8.91. The minimum atomic E-state index is 0.175. The number of ether oxygens (including phenoxy) is 1. The first-order valence-corrected chi connectivity index (χ1v) is 10.4. The molecule has 1 N–H and O–H groups in total. The van der Waals surface area contributed by atoms with Gasteiger partial charge in [-0.1, -0.05) is 6.07 Å². The Hall–Kier alpha value is -2.04. The molecule has 1 aliphatic rings. The van der Waals surface area contributed by atoms with Gasteiger partial charge in [-0.3, -0.25) is 4.57 Å². The monoisotopic (exact) mass is 403 g/mol. The molecule has 1 saturated heterocycles. The van der Waals surface area contributed by atoms with Crippen LogP contribution in [0.3, 0.4) is 0 Å². The summed E-state index contributed by atoms with van der Waals surface area (Å²) in [7, 11) is 0. The second kappa shape index (κ2) is 9.77. The molecule has 9 heteroatoms. The number of aromatic nitrogens is 3. The Labute approximate surface area is 168 Å². The van der Waals surface area contributed by atoms with E-state index >= 15 is 0 Å². The highest BCUT2D eigenvalue weighted by molar-refractivity contribution is 7.71. The molecule has 1 atom stereocenters.